The van der Waals surface area contributed by atoms with E-state index in [0.717, 1.165) is 60.4 Å². The van der Waals surface area contributed by atoms with Gasteiger partial charge in [0.05, 0.1) is 12.5 Å². The molecule has 0 spiro atoms. The molecular weight excluding hydrogens is 428 g/mol. The molecule has 1 aliphatic heterocycles. The molecule has 0 amide bonds. The van der Waals surface area contributed by atoms with Crippen molar-refractivity contribution < 1.29 is 14.3 Å². The predicted octanol–water partition coefficient (Wildman–Crippen LogP) is 3.97. The minimum atomic E-state index is -0.422. The summed E-state index contributed by atoms with van der Waals surface area (Å²) in [7, 11) is 0. The Kier molecular flexibility index (Phi) is 7.53. The summed E-state index contributed by atoms with van der Waals surface area (Å²) < 4.78 is 13.8. The summed E-state index contributed by atoms with van der Waals surface area (Å²) in [5.74, 6) is 0.225. The number of benzene rings is 2. The van der Waals surface area contributed by atoms with Gasteiger partial charge in [-0.15, -0.1) is 0 Å². The second-order valence-corrected chi connectivity index (χ2v) is 8.71. The number of rotatable bonds is 9. The van der Waals surface area contributed by atoms with E-state index in [4.69, 9.17) is 20.6 Å². The van der Waals surface area contributed by atoms with E-state index in [2.05, 4.69) is 22.9 Å². The molecule has 3 aromatic rings. The number of aromatic nitrogens is 1. The zero-order chi connectivity index (χ0) is 24.1. The van der Waals surface area contributed by atoms with Crippen LogP contribution in [0, 0.1) is 5.41 Å². The van der Waals surface area contributed by atoms with Gasteiger partial charge in [0.2, 0.25) is 0 Å². The summed E-state index contributed by atoms with van der Waals surface area (Å²) in [4.78, 5) is 13.0. The lowest BCUT2D eigenvalue weighted by atomic mass is 9.94. The summed E-state index contributed by atoms with van der Waals surface area (Å²) in [6.07, 6.45) is 2.75. The fraction of sp³-hybridized carbons (Fsp3) is 0.407. The molecule has 0 aliphatic carbocycles. The molecule has 7 nitrogen and oxygen atoms in total. The largest absolute Gasteiger partial charge is 0.490 e. The van der Waals surface area contributed by atoms with Gasteiger partial charge in [0, 0.05) is 29.7 Å². The number of ether oxygens (including phenoxy) is 2. The van der Waals surface area contributed by atoms with Gasteiger partial charge in [0.25, 0.3) is 0 Å². The molecule has 0 bridgehead atoms. The number of carbonyl (C=O) groups is 1. The minimum absolute atomic E-state index is 0.0449. The Bertz CT molecular complexity index is 1150. The lowest BCUT2D eigenvalue weighted by molar-refractivity contribution is -0.145. The number of aryl methyl sites for hydroxylation is 1. The van der Waals surface area contributed by atoms with Gasteiger partial charge >= 0.3 is 5.97 Å². The molecular formula is C27H34N4O3. The van der Waals surface area contributed by atoms with Gasteiger partial charge in [-0.2, -0.15) is 0 Å². The Labute approximate surface area is 200 Å². The van der Waals surface area contributed by atoms with E-state index in [9.17, 15) is 4.79 Å². The number of amidine groups is 1. The van der Waals surface area contributed by atoms with Crippen molar-refractivity contribution in [1.82, 2.24) is 9.88 Å². The molecule has 0 radical (unpaired) electrons. The first-order valence-electron chi connectivity index (χ1n) is 12.1. The first-order valence-corrected chi connectivity index (χ1v) is 12.1. The highest BCUT2D eigenvalue weighted by Crippen LogP contribution is 2.29. The van der Waals surface area contributed by atoms with Gasteiger partial charge < -0.3 is 25.1 Å². The average molecular weight is 463 g/mol. The van der Waals surface area contributed by atoms with Crippen molar-refractivity contribution in [3.05, 3.63) is 65.4 Å². The van der Waals surface area contributed by atoms with Crippen LogP contribution in [0.2, 0.25) is 0 Å². The first kappa shape index (κ1) is 23.8. The Balaban J connectivity index is 1.61. The maximum atomic E-state index is 13.0. The van der Waals surface area contributed by atoms with E-state index in [-0.39, 0.29) is 17.9 Å². The van der Waals surface area contributed by atoms with E-state index >= 15 is 0 Å². The van der Waals surface area contributed by atoms with Crippen molar-refractivity contribution in [1.29, 1.82) is 5.41 Å². The Hall–Kier alpha value is -3.32. The number of hydrogen-bond acceptors (Lipinski definition) is 5. The van der Waals surface area contributed by atoms with E-state index < -0.39 is 5.92 Å². The van der Waals surface area contributed by atoms with E-state index in [1.165, 1.54) is 0 Å². The van der Waals surface area contributed by atoms with Gasteiger partial charge in [-0.25, -0.2) is 0 Å². The van der Waals surface area contributed by atoms with Gasteiger partial charge in [-0.3, -0.25) is 10.2 Å². The SMILES string of the molecule is CCOC(=O)C(Cc1cc2ccc(C(=N)N)cc2n1CC)c1ccc(OC2CCNCC2)cc1. The fourth-order valence-corrected chi connectivity index (χ4v) is 4.70. The number of carbonyl (C=O) groups excluding carboxylic acids is 1. The van der Waals surface area contributed by atoms with Crippen LogP contribution in [-0.2, 0) is 22.5 Å². The molecule has 1 aromatic heterocycles. The number of nitrogens with one attached hydrogen (secondary N) is 2. The van der Waals surface area contributed by atoms with Crippen LogP contribution >= 0.6 is 0 Å². The Morgan fingerprint density at radius 2 is 1.88 bits per heavy atom. The number of esters is 1. The van der Waals surface area contributed by atoms with Gasteiger partial charge in [0.15, 0.2) is 0 Å². The highest BCUT2D eigenvalue weighted by molar-refractivity contribution is 5.98. The van der Waals surface area contributed by atoms with Crippen LogP contribution in [0.3, 0.4) is 0 Å². The normalized spacial score (nSPS) is 15.2. The number of nitrogens with zero attached hydrogens (tertiary/aromatic N) is 1. The highest BCUT2D eigenvalue weighted by Gasteiger charge is 2.25. The molecule has 4 rings (SSSR count). The van der Waals surface area contributed by atoms with E-state index in [0.29, 0.717) is 18.6 Å². The van der Waals surface area contributed by atoms with E-state index in [1.54, 1.807) is 0 Å². The van der Waals surface area contributed by atoms with Gasteiger partial charge in [-0.05, 0) is 75.0 Å². The van der Waals surface area contributed by atoms with Crippen LogP contribution in [0.4, 0.5) is 0 Å². The molecule has 0 saturated carbocycles. The average Bonchev–Trinajstić information content (AvgIpc) is 3.20. The number of nitrogen functional groups attached to an aromatic ring is 1. The number of fused-ring (bicyclic) bond motifs is 1. The van der Waals surface area contributed by atoms with Crippen molar-refractivity contribution in [2.75, 3.05) is 19.7 Å². The van der Waals surface area contributed by atoms with Crippen molar-refractivity contribution >= 4 is 22.7 Å². The summed E-state index contributed by atoms with van der Waals surface area (Å²) >= 11 is 0. The molecule has 34 heavy (non-hydrogen) atoms. The summed E-state index contributed by atoms with van der Waals surface area (Å²) in [6.45, 7) is 6.96. The standard InChI is InChI=1S/C27H34N4O3/c1-3-31-21(15-19-5-6-20(26(28)29)16-25(19)31)17-24(27(32)33-4-2)18-7-9-22(10-8-18)34-23-11-13-30-14-12-23/h5-10,15-16,23-24,30H,3-4,11-14,17H2,1-2H3,(H3,28,29). The van der Waals surface area contributed by atoms with Crippen molar-refractivity contribution in [2.45, 2.75) is 51.7 Å². The highest BCUT2D eigenvalue weighted by atomic mass is 16.5. The molecule has 1 fully saturated rings. The monoisotopic (exact) mass is 462 g/mol. The molecule has 7 heteroatoms. The minimum Gasteiger partial charge on any atom is -0.490 e. The Morgan fingerprint density at radius 3 is 2.53 bits per heavy atom. The van der Waals surface area contributed by atoms with Crippen LogP contribution in [0.1, 0.15) is 49.4 Å². The Morgan fingerprint density at radius 1 is 1.15 bits per heavy atom. The van der Waals surface area contributed by atoms with Crippen LogP contribution in [-0.4, -0.2) is 42.2 Å². The molecule has 1 atom stereocenters. The number of nitrogens with two attached hydrogens (primary N) is 1. The van der Waals surface area contributed by atoms with Crippen molar-refractivity contribution in [2.24, 2.45) is 5.73 Å². The third-order valence-corrected chi connectivity index (χ3v) is 6.47. The number of piperidine rings is 1. The number of hydrogen-bond donors (Lipinski definition) is 3. The predicted molar refractivity (Wildman–Crippen MR) is 135 cm³/mol. The molecule has 4 N–H and O–H groups in total. The molecule has 2 aromatic carbocycles. The van der Waals surface area contributed by atoms with Crippen LogP contribution in [0.25, 0.3) is 10.9 Å². The fourth-order valence-electron chi connectivity index (χ4n) is 4.70. The lowest BCUT2D eigenvalue weighted by Crippen LogP contribution is -2.34. The van der Waals surface area contributed by atoms with Crippen LogP contribution < -0.4 is 15.8 Å². The first-order chi connectivity index (χ1) is 16.5. The van der Waals surface area contributed by atoms with Gasteiger partial charge in [-0.1, -0.05) is 24.3 Å². The third kappa shape index (κ3) is 5.25. The molecule has 2 heterocycles. The smallest absolute Gasteiger partial charge is 0.313 e. The van der Waals surface area contributed by atoms with E-state index in [1.807, 2.05) is 49.4 Å². The van der Waals surface area contributed by atoms with Crippen LogP contribution in [0.5, 0.6) is 5.75 Å². The zero-order valence-electron chi connectivity index (χ0n) is 20.0. The van der Waals surface area contributed by atoms with Crippen molar-refractivity contribution in [3.63, 3.8) is 0 Å². The summed E-state index contributed by atoms with van der Waals surface area (Å²) in [6, 6.07) is 15.8. The maximum absolute atomic E-state index is 13.0. The van der Waals surface area contributed by atoms with Gasteiger partial charge in [0.1, 0.15) is 17.7 Å². The third-order valence-electron chi connectivity index (χ3n) is 6.47. The second kappa shape index (κ2) is 10.7. The molecule has 180 valence electrons. The molecule has 1 saturated heterocycles. The van der Waals surface area contributed by atoms with Crippen molar-refractivity contribution in [3.8, 4) is 5.75 Å². The summed E-state index contributed by atoms with van der Waals surface area (Å²) in [5.41, 5.74) is 9.37. The summed E-state index contributed by atoms with van der Waals surface area (Å²) in [5, 5.41) is 12.2. The maximum Gasteiger partial charge on any atom is 0.313 e. The second-order valence-electron chi connectivity index (χ2n) is 8.71. The topological polar surface area (TPSA) is 102 Å². The van der Waals surface area contributed by atoms with Crippen LogP contribution in [0.15, 0.2) is 48.5 Å². The molecule has 1 unspecified atom stereocenters. The molecule has 1 aliphatic rings. The lowest BCUT2D eigenvalue weighted by Gasteiger charge is -2.24. The quantitative estimate of drug-likeness (QED) is 0.254. The zero-order valence-corrected chi connectivity index (χ0v) is 20.0.